The highest BCUT2D eigenvalue weighted by Gasteiger charge is 2.27. The summed E-state index contributed by atoms with van der Waals surface area (Å²) in [6.07, 6.45) is -0.624. The van der Waals surface area contributed by atoms with Crippen LogP contribution >= 0.6 is 0 Å². The van der Waals surface area contributed by atoms with E-state index in [0.29, 0.717) is 0 Å². The molecule has 0 spiro atoms. The standard InChI is InChI=1S/C12H12O5S/c1-3-11(13)17-12(14)9(2)18(15,16)10-7-5-4-6-8-10/h3-8,11,13H,1-2H2. The molecule has 1 atom stereocenters. The Labute approximate surface area is 105 Å². The number of benzene rings is 1. The Morgan fingerprint density at radius 3 is 2.39 bits per heavy atom. The van der Waals surface area contributed by atoms with Gasteiger partial charge in [-0.1, -0.05) is 31.4 Å². The first-order chi connectivity index (χ1) is 8.39. The minimum Gasteiger partial charge on any atom is -0.428 e. The molecule has 1 N–H and O–H groups in total. The molecule has 1 rings (SSSR count). The first-order valence-corrected chi connectivity index (χ1v) is 6.38. The van der Waals surface area contributed by atoms with E-state index in [9.17, 15) is 13.2 Å². The van der Waals surface area contributed by atoms with Crippen LogP contribution < -0.4 is 0 Å². The monoisotopic (exact) mass is 268 g/mol. The van der Waals surface area contributed by atoms with Crippen molar-refractivity contribution in [3.8, 4) is 0 Å². The number of hydrogen-bond donors (Lipinski definition) is 1. The Morgan fingerprint density at radius 1 is 1.33 bits per heavy atom. The lowest BCUT2D eigenvalue weighted by Gasteiger charge is -2.10. The van der Waals surface area contributed by atoms with Gasteiger partial charge in [0.25, 0.3) is 0 Å². The van der Waals surface area contributed by atoms with Crippen LogP contribution in [0.5, 0.6) is 0 Å². The normalized spacial score (nSPS) is 12.5. The second kappa shape index (κ2) is 5.61. The van der Waals surface area contributed by atoms with Crippen LogP contribution in [0.2, 0.25) is 0 Å². The molecule has 0 aliphatic heterocycles. The van der Waals surface area contributed by atoms with Gasteiger partial charge in [0.05, 0.1) is 4.90 Å². The number of ether oxygens (including phenoxy) is 1. The molecule has 0 saturated carbocycles. The van der Waals surface area contributed by atoms with Gasteiger partial charge in [-0.15, -0.1) is 0 Å². The average molecular weight is 268 g/mol. The van der Waals surface area contributed by atoms with Gasteiger partial charge >= 0.3 is 5.97 Å². The van der Waals surface area contributed by atoms with Crippen molar-refractivity contribution in [2.24, 2.45) is 0 Å². The molecule has 0 heterocycles. The Morgan fingerprint density at radius 2 is 1.89 bits per heavy atom. The fraction of sp³-hybridized carbons (Fsp3) is 0.0833. The summed E-state index contributed by atoms with van der Waals surface area (Å²) in [7, 11) is -4.01. The van der Waals surface area contributed by atoms with Crippen molar-refractivity contribution >= 4 is 15.8 Å². The molecule has 0 aliphatic rings. The molecule has 5 nitrogen and oxygen atoms in total. The Balaban J connectivity index is 2.97. The minimum absolute atomic E-state index is 0.0694. The summed E-state index contributed by atoms with van der Waals surface area (Å²) in [5, 5.41) is 9.02. The molecule has 0 saturated heterocycles. The van der Waals surface area contributed by atoms with Gasteiger partial charge in [-0.05, 0) is 18.2 Å². The molecule has 18 heavy (non-hydrogen) atoms. The summed E-state index contributed by atoms with van der Waals surface area (Å²) in [5.41, 5.74) is 0. The van der Waals surface area contributed by atoms with Crippen molar-refractivity contribution in [3.05, 3.63) is 54.5 Å². The molecule has 0 radical (unpaired) electrons. The third-order valence-corrected chi connectivity index (χ3v) is 3.74. The number of hydrogen-bond acceptors (Lipinski definition) is 5. The van der Waals surface area contributed by atoms with E-state index in [1.165, 1.54) is 24.3 Å². The van der Waals surface area contributed by atoms with Gasteiger partial charge < -0.3 is 9.84 Å². The molecule has 1 aromatic rings. The van der Waals surface area contributed by atoms with E-state index < -0.39 is 27.0 Å². The number of aliphatic hydroxyl groups is 1. The van der Waals surface area contributed by atoms with Gasteiger partial charge in [-0.2, -0.15) is 0 Å². The zero-order chi connectivity index (χ0) is 13.8. The molecule has 96 valence electrons. The molecule has 0 bridgehead atoms. The predicted molar refractivity (Wildman–Crippen MR) is 65.1 cm³/mol. The molecular weight excluding hydrogens is 256 g/mol. The number of rotatable bonds is 5. The van der Waals surface area contributed by atoms with Gasteiger partial charge in [0, 0.05) is 0 Å². The lowest BCUT2D eigenvalue weighted by atomic mass is 10.4. The third kappa shape index (κ3) is 3.06. The summed E-state index contributed by atoms with van der Waals surface area (Å²) in [4.78, 5) is 10.6. The van der Waals surface area contributed by atoms with Crippen molar-refractivity contribution in [2.45, 2.75) is 11.2 Å². The molecular formula is C12H12O5S. The van der Waals surface area contributed by atoms with Crippen LogP contribution in [0.15, 0.2) is 59.4 Å². The number of carbonyl (C=O) groups excluding carboxylic acids is 1. The van der Waals surface area contributed by atoms with Gasteiger partial charge in [-0.25, -0.2) is 13.2 Å². The molecule has 0 fully saturated rings. The Kier molecular flexibility index (Phi) is 4.41. The zero-order valence-electron chi connectivity index (χ0n) is 9.44. The van der Waals surface area contributed by atoms with Crippen molar-refractivity contribution in [2.75, 3.05) is 0 Å². The van der Waals surface area contributed by atoms with Crippen LogP contribution in [0.25, 0.3) is 0 Å². The Bertz CT molecular complexity index is 559. The Hall–Kier alpha value is -1.92. The van der Waals surface area contributed by atoms with Gasteiger partial charge in [-0.3, -0.25) is 0 Å². The van der Waals surface area contributed by atoms with Crippen LogP contribution in [0.4, 0.5) is 0 Å². The van der Waals surface area contributed by atoms with Crippen molar-refractivity contribution in [1.82, 2.24) is 0 Å². The minimum atomic E-state index is -4.01. The summed E-state index contributed by atoms with van der Waals surface area (Å²) >= 11 is 0. The summed E-state index contributed by atoms with van der Waals surface area (Å²) in [6, 6.07) is 7.34. The summed E-state index contributed by atoms with van der Waals surface area (Å²) < 4.78 is 28.3. The van der Waals surface area contributed by atoms with Gasteiger partial charge in [0.15, 0.2) is 0 Å². The summed E-state index contributed by atoms with van der Waals surface area (Å²) in [6.45, 7) is 6.37. The second-order valence-electron chi connectivity index (χ2n) is 3.27. The largest absolute Gasteiger partial charge is 0.428 e. The van der Waals surface area contributed by atoms with Crippen molar-refractivity contribution in [3.63, 3.8) is 0 Å². The van der Waals surface area contributed by atoms with E-state index in [1.807, 2.05) is 0 Å². The maximum absolute atomic E-state index is 11.9. The van der Waals surface area contributed by atoms with Crippen LogP contribution in [-0.2, 0) is 19.4 Å². The SMILES string of the molecule is C=CC(O)OC(=O)C(=C)S(=O)(=O)c1ccccc1. The van der Waals surface area contributed by atoms with Crippen LogP contribution in [0.1, 0.15) is 0 Å². The quantitative estimate of drug-likeness (QED) is 0.373. The van der Waals surface area contributed by atoms with E-state index in [2.05, 4.69) is 17.9 Å². The highest BCUT2D eigenvalue weighted by molar-refractivity contribution is 7.96. The van der Waals surface area contributed by atoms with Crippen LogP contribution in [0.3, 0.4) is 0 Å². The van der Waals surface area contributed by atoms with E-state index in [-0.39, 0.29) is 4.90 Å². The molecule has 0 amide bonds. The highest BCUT2D eigenvalue weighted by Crippen LogP contribution is 2.18. The lowest BCUT2D eigenvalue weighted by molar-refractivity contribution is -0.154. The molecule has 6 heteroatoms. The molecule has 0 aliphatic carbocycles. The smallest absolute Gasteiger partial charge is 0.352 e. The van der Waals surface area contributed by atoms with E-state index >= 15 is 0 Å². The third-order valence-electron chi connectivity index (χ3n) is 2.03. The second-order valence-corrected chi connectivity index (χ2v) is 5.24. The van der Waals surface area contributed by atoms with E-state index in [0.717, 1.165) is 6.08 Å². The van der Waals surface area contributed by atoms with Gasteiger partial charge in [0.2, 0.25) is 16.1 Å². The summed E-state index contributed by atoms with van der Waals surface area (Å²) in [5.74, 6) is -1.22. The van der Waals surface area contributed by atoms with Crippen molar-refractivity contribution < 1.29 is 23.1 Å². The van der Waals surface area contributed by atoms with Crippen molar-refractivity contribution in [1.29, 1.82) is 0 Å². The number of sulfone groups is 1. The molecule has 0 aromatic heterocycles. The number of aliphatic hydroxyl groups excluding tert-OH is 1. The van der Waals surface area contributed by atoms with E-state index in [1.54, 1.807) is 6.07 Å². The van der Waals surface area contributed by atoms with Gasteiger partial charge in [0.1, 0.15) is 4.91 Å². The van der Waals surface area contributed by atoms with Crippen LogP contribution in [-0.4, -0.2) is 25.8 Å². The highest BCUT2D eigenvalue weighted by atomic mass is 32.2. The maximum atomic E-state index is 11.9. The first-order valence-electron chi connectivity index (χ1n) is 4.90. The zero-order valence-corrected chi connectivity index (χ0v) is 10.3. The van der Waals surface area contributed by atoms with E-state index in [4.69, 9.17) is 5.11 Å². The average Bonchev–Trinajstić information content (AvgIpc) is 2.38. The maximum Gasteiger partial charge on any atom is 0.352 e. The predicted octanol–water partition coefficient (Wildman–Crippen LogP) is 1.02. The first kappa shape index (κ1) is 14.1. The fourth-order valence-corrected chi connectivity index (χ4v) is 2.14. The fourth-order valence-electron chi connectivity index (χ4n) is 1.08. The molecule has 1 aromatic carbocycles. The number of esters is 1. The van der Waals surface area contributed by atoms with Crippen LogP contribution in [0, 0.1) is 0 Å². The molecule has 1 unspecified atom stereocenters. The topological polar surface area (TPSA) is 80.7 Å². The number of carbonyl (C=O) groups is 1. The lowest BCUT2D eigenvalue weighted by Crippen LogP contribution is -2.20.